The lowest BCUT2D eigenvalue weighted by atomic mass is 10.0. The van der Waals surface area contributed by atoms with Crippen molar-refractivity contribution in [1.82, 2.24) is 20.2 Å². The summed E-state index contributed by atoms with van der Waals surface area (Å²) in [5, 5.41) is 11.6. The van der Waals surface area contributed by atoms with E-state index in [0.29, 0.717) is 29.5 Å². The minimum Gasteiger partial charge on any atom is -0.398 e. The molecule has 1 aromatic carbocycles. The first-order valence-electron chi connectivity index (χ1n) is 6.47. The van der Waals surface area contributed by atoms with Crippen LogP contribution in [0.5, 0.6) is 0 Å². The summed E-state index contributed by atoms with van der Waals surface area (Å²) in [5.41, 5.74) is 6.88. The van der Waals surface area contributed by atoms with Gasteiger partial charge in [0.1, 0.15) is 5.82 Å². The molecule has 0 spiro atoms. The zero-order chi connectivity index (χ0) is 13.8. The molecule has 19 heavy (non-hydrogen) atoms. The first kappa shape index (κ1) is 13.5. The number of anilines is 1. The van der Waals surface area contributed by atoms with E-state index in [-0.39, 0.29) is 5.82 Å². The smallest absolute Gasteiger partial charge is 0.184 e. The normalized spacial score (nSPS) is 11.2. The molecule has 5 nitrogen and oxygen atoms in total. The predicted molar refractivity (Wildman–Crippen MR) is 71.7 cm³/mol. The maximum Gasteiger partial charge on any atom is 0.184 e. The number of nitrogens with two attached hydrogens (primary N) is 1. The Balaban J connectivity index is 2.36. The predicted octanol–water partition coefficient (Wildman–Crippen LogP) is 2.50. The third-order valence-corrected chi connectivity index (χ3v) is 3.37. The van der Waals surface area contributed by atoms with E-state index in [4.69, 9.17) is 5.73 Å². The second-order valence-electron chi connectivity index (χ2n) is 4.60. The van der Waals surface area contributed by atoms with E-state index in [1.54, 1.807) is 4.68 Å². The molecule has 0 aliphatic rings. The zero-order valence-electron chi connectivity index (χ0n) is 11.2. The van der Waals surface area contributed by atoms with Crippen LogP contribution in [0.3, 0.4) is 0 Å². The lowest BCUT2D eigenvalue weighted by Crippen LogP contribution is -2.12. The van der Waals surface area contributed by atoms with Gasteiger partial charge in [0.15, 0.2) is 5.82 Å². The average molecular weight is 263 g/mol. The van der Waals surface area contributed by atoms with Gasteiger partial charge in [-0.15, -0.1) is 5.10 Å². The highest BCUT2D eigenvalue weighted by Crippen LogP contribution is 2.25. The van der Waals surface area contributed by atoms with Crippen LogP contribution in [0.4, 0.5) is 10.1 Å². The summed E-state index contributed by atoms with van der Waals surface area (Å²) in [6.45, 7) is 4.98. The van der Waals surface area contributed by atoms with E-state index in [1.807, 2.05) is 0 Å². The topological polar surface area (TPSA) is 69.6 Å². The Kier molecular flexibility index (Phi) is 4.09. The van der Waals surface area contributed by atoms with Gasteiger partial charge in [-0.05, 0) is 34.5 Å². The Morgan fingerprint density at radius 1 is 1.32 bits per heavy atom. The first-order valence-corrected chi connectivity index (χ1v) is 6.47. The third kappa shape index (κ3) is 2.89. The molecule has 0 radical (unpaired) electrons. The fraction of sp³-hybridized carbons (Fsp3) is 0.462. The maximum atomic E-state index is 13.3. The van der Waals surface area contributed by atoms with E-state index in [1.165, 1.54) is 18.2 Å². The molecule has 2 N–H and O–H groups in total. The summed E-state index contributed by atoms with van der Waals surface area (Å²) < 4.78 is 15.0. The molecular weight excluding hydrogens is 245 g/mol. The van der Waals surface area contributed by atoms with Crippen molar-refractivity contribution in [2.45, 2.75) is 33.2 Å². The fourth-order valence-corrected chi connectivity index (χ4v) is 2.03. The van der Waals surface area contributed by atoms with Crippen molar-refractivity contribution in [3.63, 3.8) is 0 Å². The number of nitrogen functional groups attached to an aromatic ring is 1. The van der Waals surface area contributed by atoms with Crippen molar-refractivity contribution in [2.75, 3.05) is 5.73 Å². The van der Waals surface area contributed by atoms with Crippen LogP contribution < -0.4 is 5.73 Å². The van der Waals surface area contributed by atoms with Gasteiger partial charge in [0.25, 0.3) is 0 Å². The highest BCUT2D eigenvalue weighted by atomic mass is 19.1. The molecule has 0 unspecified atom stereocenters. The van der Waals surface area contributed by atoms with Crippen LogP contribution in [0.25, 0.3) is 11.4 Å². The number of nitrogens with zero attached hydrogens (tertiary/aromatic N) is 4. The van der Waals surface area contributed by atoms with Crippen molar-refractivity contribution in [2.24, 2.45) is 5.92 Å². The Hall–Kier alpha value is -1.98. The highest BCUT2D eigenvalue weighted by Gasteiger charge is 2.15. The van der Waals surface area contributed by atoms with Crippen molar-refractivity contribution < 1.29 is 4.39 Å². The molecule has 1 aromatic heterocycles. The van der Waals surface area contributed by atoms with E-state index in [2.05, 4.69) is 29.4 Å². The minimum atomic E-state index is -0.346. The van der Waals surface area contributed by atoms with Gasteiger partial charge in [-0.2, -0.15) is 0 Å². The lowest BCUT2D eigenvalue weighted by molar-refractivity contribution is 0.392. The van der Waals surface area contributed by atoms with Crippen LogP contribution >= 0.6 is 0 Å². The van der Waals surface area contributed by atoms with Crippen molar-refractivity contribution in [1.29, 1.82) is 0 Å². The van der Waals surface area contributed by atoms with Gasteiger partial charge in [-0.3, -0.25) is 0 Å². The molecule has 0 aliphatic heterocycles. The molecule has 0 bridgehead atoms. The number of halogens is 1. The van der Waals surface area contributed by atoms with Crippen LogP contribution in [0, 0.1) is 11.7 Å². The van der Waals surface area contributed by atoms with Crippen molar-refractivity contribution in [3.05, 3.63) is 24.0 Å². The molecule has 2 rings (SSSR count). The van der Waals surface area contributed by atoms with Crippen LogP contribution in [0.1, 0.15) is 26.7 Å². The van der Waals surface area contributed by atoms with Gasteiger partial charge in [-0.25, -0.2) is 9.07 Å². The Bertz CT molecular complexity index is 548. The van der Waals surface area contributed by atoms with Gasteiger partial charge in [0, 0.05) is 17.8 Å². The number of aromatic nitrogens is 4. The van der Waals surface area contributed by atoms with E-state index in [9.17, 15) is 4.39 Å². The van der Waals surface area contributed by atoms with Crippen LogP contribution in [0.2, 0.25) is 0 Å². The molecule has 0 saturated carbocycles. The van der Waals surface area contributed by atoms with Crippen molar-refractivity contribution in [3.8, 4) is 11.4 Å². The van der Waals surface area contributed by atoms with E-state index in [0.717, 1.165) is 12.8 Å². The summed E-state index contributed by atoms with van der Waals surface area (Å²) in [7, 11) is 0. The zero-order valence-corrected chi connectivity index (χ0v) is 11.2. The van der Waals surface area contributed by atoms with E-state index >= 15 is 0 Å². The number of tetrazole rings is 1. The van der Waals surface area contributed by atoms with Gasteiger partial charge in [-0.1, -0.05) is 26.7 Å². The molecule has 0 aliphatic carbocycles. The Morgan fingerprint density at radius 2 is 2.05 bits per heavy atom. The Labute approximate surface area is 111 Å². The molecule has 0 atom stereocenters. The monoisotopic (exact) mass is 263 g/mol. The molecule has 0 saturated heterocycles. The largest absolute Gasteiger partial charge is 0.398 e. The minimum absolute atomic E-state index is 0.346. The van der Waals surface area contributed by atoms with Gasteiger partial charge >= 0.3 is 0 Å². The van der Waals surface area contributed by atoms with E-state index < -0.39 is 0 Å². The summed E-state index contributed by atoms with van der Waals surface area (Å²) >= 11 is 0. The number of hydrogen-bond donors (Lipinski definition) is 1. The number of benzene rings is 1. The van der Waals surface area contributed by atoms with Crippen LogP contribution in [-0.2, 0) is 6.54 Å². The van der Waals surface area contributed by atoms with Gasteiger partial charge in [0.2, 0.25) is 0 Å². The summed E-state index contributed by atoms with van der Waals surface area (Å²) in [6.07, 6.45) is 2.10. The molecule has 0 amide bonds. The maximum absolute atomic E-state index is 13.3. The van der Waals surface area contributed by atoms with Crippen LogP contribution in [-0.4, -0.2) is 20.2 Å². The molecular formula is C13H18FN5. The Morgan fingerprint density at radius 3 is 2.74 bits per heavy atom. The highest BCUT2D eigenvalue weighted by molar-refractivity contribution is 5.71. The lowest BCUT2D eigenvalue weighted by Gasteiger charge is -2.13. The second-order valence-corrected chi connectivity index (χ2v) is 4.60. The molecule has 2 aromatic rings. The fourth-order valence-electron chi connectivity index (χ4n) is 2.03. The van der Waals surface area contributed by atoms with Crippen LogP contribution in [0.15, 0.2) is 18.2 Å². The molecule has 102 valence electrons. The van der Waals surface area contributed by atoms with Gasteiger partial charge in [0.05, 0.1) is 0 Å². The summed E-state index contributed by atoms with van der Waals surface area (Å²) in [5.74, 6) is 0.669. The molecule has 6 heteroatoms. The molecule has 0 fully saturated rings. The third-order valence-electron chi connectivity index (χ3n) is 3.37. The number of hydrogen-bond acceptors (Lipinski definition) is 4. The quantitative estimate of drug-likeness (QED) is 0.841. The first-order chi connectivity index (χ1) is 9.15. The summed E-state index contributed by atoms with van der Waals surface area (Å²) in [4.78, 5) is 0. The van der Waals surface area contributed by atoms with Gasteiger partial charge < -0.3 is 5.73 Å². The second kappa shape index (κ2) is 5.77. The average Bonchev–Trinajstić information content (AvgIpc) is 2.86. The molecule has 1 heterocycles. The SMILES string of the molecule is CCC(CC)Cn1nnnc1-c1cc(F)ccc1N. The van der Waals surface area contributed by atoms with Crippen molar-refractivity contribution >= 4 is 5.69 Å². The summed E-state index contributed by atoms with van der Waals surface area (Å²) in [6, 6.07) is 4.22. The standard InChI is InChI=1S/C13H18FN5/c1-3-9(4-2)8-19-13(16-17-18-19)11-7-10(14)5-6-12(11)15/h5-7,9H,3-4,8,15H2,1-2H3. The number of rotatable bonds is 5.